The molecule has 2 aromatic heterocycles. The van der Waals surface area contributed by atoms with Gasteiger partial charge in [-0.15, -0.1) is 0 Å². The van der Waals surface area contributed by atoms with Crippen molar-refractivity contribution in [3.8, 4) is 0 Å². The maximum Gasteiger partial charge on any atom is 0.142 e. The van der Waals surface area contributed by atoms with Gasteiger partial charge in [0, 0.05) is 32.1 Å². The van der Waals surface area contributed by atoms with Crippen molar-refractivity contribution in [2.75, 3.05) is 18.0 Å². The van der Waals surface area contributed by atoms with Gasteiger partial charge in [0.25, 0.3) is 0 Å². The lowest BCUT2D eigenvalue weighted by molar-refractivity contribution is -0.120. The lowest BCUT2D eigenvalue weighted by Crippen LogP contribution is -2.37. The fourth-order valence-electron chi connectivity index (χ4n) is 3.89. The third-order valence-electron chi connectivity index (χ3n) is 5.20. The van der Waals surface area contributed by atoms with Crippen LogP contribution in [0.25, 0.3) is 11.0 Å². The fraction of sp³-hybridized carbons (Fsp3) is 0.381. The van der Waals surface area contributed by atoms with Gasteiger partial charge >= 0.3 is 0 Å². The van der Waals surface area contributed by atoms with E-state index in [4.69, 9.17) is 0 Å². The summed E-state index contributed by atoms with van der Waals surface area (Å²) in [6, 6.07) is 12.3. The normalized spacial score (nSPS) is 17.5. The molecule has 1 saturated heterocycles. The number of hydrogen-bond acceptors (Lipinski definition) is 4. The largest absolute Gasteiger partial charge is 0.356 e. The van der Waals surface area contributed by atoms with Gasteiger partial charge in [0.05, 0.1) is 5.39 Å². The number of carbonyl (C=O) groups excluding carboxylic acids is 1. The van der Waals surface area contributed by atoms with E-state index in [9.17, 15) is 4.79 Å². The number of carbonyl (C=O) groups is 1. The van der Waals surface area contributed by atoms with Crippen LogP contribution < -0.4 is 4.90 Å². The lowest BCUT2D eigenvalue weighted by Gasteiger charge is -2.33. The molecule has 26 heavy (non-hydrogen) atoms. The Kier molecular flexibility index (Phi) is 4.95. The summed E-state index contributed by atoms with van der Waals surface area (Å²) in [6.07, 6.45) is 7.88. The predicted molar refractivity (Wildman–Crippen MR) is 103 cm³/mol. The molecule has 1 fully saturated rings. The molecule has 1 aliphatic heterocycles. The molecule has 4 rings (SSSR count). The number of benzene rings is 1. The predicted octanol–water partition coefficient (Wildman–Crippen LogP) is 3.77. The molecule has 1 atom stereocenters. The number of rotatable bonds is 6. The topological polar surface area (TPSA) is 61.9 Å². The molecule has 0 amide bonds. The average molecular weight is 348 g/mol. The maximum atomic E-state index is 12.4. The van der Waals surface area contributed by atoms with Crippen LogP contribution in [0.1, 0.15) is 31.2 Å². The molecule has 134 valence electrons. The Labute approximate surface area is 153 Å². The Bertz CT molecular complexity index is 874. The van der Waals surface area contributed by atoms with Crippen LogP contribution >= 0.6 is 0 Å². The highest BCUT2D eigenvalue weighted by Gasteiger charge is 2.24. The number of aromatic nitrogens is 3. The van der Waals surface area contributed by atoms with Crippen LogP contribution in [-0.4, -0.2) is 33.8 Å². The molecule has 0 aliphatic carbocycles. The number of ketones is 1. The van der Waals surface area contributed by atoms with Gasteiger partial charge in [0.2, 0.25) is 0 Å². The number of aryl methyl sites for hydroxylation is 1. The number of aromatic amines is 1. The highest BCUT2D eigenvalue weighted by molar-refractivity contribution is 5.87. The van der Waals surface area contributed by atoms with Crippen LogP contribution in [0.2, 0.25) is 0 Å². The summed E-state index contributed by atoms with van der Waals surface area (Å²) in [5.74, 6) is 1.77. The molecule has 5 nitrogen and oxygen atoms in total. The van der Waals surface area contributed by atoms with Crippen molar-refractivity contribution in [2.45, 2.75) is 32.1 Å². The second-order valence-corrected chi connectivity index (χ2v) is 7.12. The van der Waals surface area contributed by atoms with Crippen LogP contribution in [-0.2, 0) is 11.2 Å². The first-order valence-corrected chi connectivity index (χ1v) is 9.38. The van der Waals surface area contributed by atoms with E-state index < -0.39 is 0 Å². The lowest BCUT2D eigenvalue weighted by atomic mass is 9.91. The van der Waals surface area contributed by atoms with Gasteiger partial charge in [0.15, 0.2) is 0 Å². The second kappa shape index (κ2) is 7.68. The zero-order valence-corrected chi connectivity index (χ0v) is 14.9. The van der Waals surface area contributed by atoms with E-state index >= 15 is 0 Å². The zero-order chi connectivity index (χ0) is 17.8. The van der Waals surface area contributed by atoms with E-state index in [0.717, 1.165) is 49.2 Å². The summed E-state index contributed by atoms with van der Waals surface area (Å²) in [5, 5.41) is 1.06. The monoisotopic (exact) mass is 348 g/mol. The first kappa shape index (κ1) is 16.8. The summed E-state index contributed by atoms with van der Waals surface area (Å²) in [5.41, 5.74) is 2.11. The van der Waals surface area contributed by atoms with Gasteiger partial charge in [0.1, 0.15) is 23.6 Å². The number of anilines is 1. The number of piperidine rings is 1. The van der Waals surface area contributed by atoms with Crippen LogP contribution in [0.5, 0.6) is 0 Å². The standard InChI is InChI=1S/C21H24N4O/c26-18(9-8-16-5-2-1-3-6-16)13-17-7-4-12-25(14-17)21-19-10-11-22-20(19)23-15-24-21/h1-3,5-6,10-11,15,17H,4,7-9,12-14H2,(H,22,23,24). The third-order valence-corrected chi connectivity index (χ3v) is 5.20. The van der Waals surface area contributed by atoms with E-state index in [-0.39, 0.29) is 0 Å². The van der Waals surface area contributed by atoms with Crippen molar-refractivity contribution < 1.29 is 4.79 Å². The highest BCUT2D eigenvalue weighted by atomic mass is 16.1. The van der Waals surface area contributed by atoms with Crippen LogP contribution in [0.15, 0.2) is 48.9 Å². The molecule has 0 radical (unpaired) electrons. The molecule has 0 spiro atoms. The Balaban J connectivity index is 1.36. The van der Waals surface area contributed by atoms with E-state index in [1.165, 1.54) is 5.56 Å². The van der Waals surface area contributed by atoms with E-state index in [0.29, 0.717) is 24.5 Å². The minimum atomic E-state index is 0.371. The highest BCUT2D eigenvalue weighted by Crippen LogP contribution is 2.28. The van der Waals surface area contributed by atoms with Crippen molar-refractivity contribution in [2.24, 2.45) is 5.92 Å². The van der Waals surface area contributed by atoms with Crippen molar-refractivity contribution in [3.63, 3.8) is 0 Å². The Hall–Kier alpha value is -2.69. The Morgan fingerprint density at radius 1 is 1.19 bits per heavy atom. The van der Waals surface area contributed by atoms with Crippen molar-refractivity contribution in [1.82, 2.24) is 15.0 Å². The first-order chi connectivity index (χ1) is 12.8. The van der Waals surface area contributed by atoms with Crippen LogP contribution in [0.3, 0.4) is 0 Å². The Morgan fingerprint density at radius 2 is 2.08 bits per heavy atom. The molecule has 5 heteroatoms. The molecular weight excluding hydrogens is 324 g/mol. The quantitative estimate of drug-likeness (QED) is 0.737. The summed E-state index contributed by atoms with van der Waals surface area (Å²) >= 11 is 0. The summed E-state index contributed by atoms with van der Waals surface area (Å²) < 4.78 is 0. The van der Waals surface area contributed by atoms with Crippen LogP contribution in [0, 0.1) is 5.92 Å². The zero-order valence-electron chi connectivity index (χ0n) is 14.9. The van der Waals surface area contributed by atoms with Gasteiger partial charge in [-0.1, -0.05) is 30.3 Å². The van der Waals surface area contributed by atoms with Crippen molar-refractivity contribution >= 4 is 22.6 Å². The summed E-state index contributed by atoms with van der Waals surface area (Å²) in [7, 11) is 0. The number of H-pyrrole nitrogens is 1. The minimum Gasteiger partial charge on any atom is -0.356 e. The average Bonchev–Trinajstić information content (AvgIpc) is 3.16. The Morgan fingerprint density at radius 3 is 2.96 bits per heavy atom. The number of Topliss-reactive ketones (excluding diaryl/α,β-unsaturated/α-hetero) is 1. The molecule has 3 aromatic rings. The molecule has 1 aromatic carbocycles. The third kappa shape index (κ3) is 3.77. The minimum absolute atomic E-state index is 0.371. The SMILES string of the molecule is O=C(CCc1ccccc1)CC1CCCN(c2ncnc3[nH]ccc23)C1. The molecule has 1 N–H and O–H groups in total. The van der Waals surface area contributed by atoms with Gasteiger partial charge in [-0.05, 0) is 36.8 Å². The molecule has 1 unspecified atom stereocenters. The molecule has 0 saturated carbocycles. The van der Waals surface area contributed by atoms with Crippen LogP contribution in [0.4, 0.5) is 5.82 Å². The molecular formula is C21H24N4O. The van der Waals surface area contributed by atoms with E-state index in [1.54, 1.807) is 6.33 Å². The summed E-state index contributed by atoms with van der Waals surface area (Å²) in [4.78, 5) is 26.7. The number of fused-ring (bicyclic) bond motifs is 1. The van der Waals surface area contributed by atoms with Crippen molar-refractivity contribution in [1.29, 1.82) is 0 Å². The summed E-state index contributed by atoms with van der Waals surface area (Å²) in [6.45, 7) is 1.89. The van der Waals surface area contributed by atoms with E-state index in [2.05, 4.69) is 32.0 Å². The molecule has 3 heterocycles. The number of nitrogens with zero attached hydrogens (tertiary/aromatic N) is 3. The number of nitrogens with one attached hydrogen (secondary N) is 1. The van der Waals surface area contributed by atoms with Gasteiger partial charge in [-0.25, -0.2) is 9.97 Å². The maximum absolute atomic E-state index is 12.4. The first-order valence-electron chi connectivity index (χ1n) is 9.38. The van der Waals surface area contributed by atoms with Crippen molar-refractivity contribution in [3.05, 3.63) is 54.5 Å². The molecule has 1 aliphatic rings. The fourth-order valence-corrected chi connectivity index (χ4v) is 3.89. The number of hydrogen-bond donors (Lipinski definition) is 1. The smallest absolute Gasteiger partial charge is 0.142 e. The second-order valence-electron chi connectivity index (χ2n) is 7.12. The van der Waals surface area contributed by atoms with Gasteiger partial charge in [-0.2, -0.15) is 0 Å². The van der Waals surface area contributed by atoms with Gasteiger partial charge < -0.3 is 9.88 Å². The van der Waals surface area contributed by atoms with E-state index in [1.807, 2.05) is 30.5 Å². The van der Waals surface area contributed by atoms with Gasteiger partial charge in [-0.3, -0.25) is 4.79 Å². The molecule has 0 bridgehead atoms.